The monoisotopic (exact) mass is 354 g/mol. The molecule has 0 N–H and O–H groups in total. The van der Waals surface area contributed by atoms with Crippen molar-refractivity contribution in [2.24, 2.45) is 0 Å². The summed E-state index contributed by atoms with van der Waals surface area (Å²) in [6.45, 7) is 1.87. The van der Waals surface area contributed by atoms with E-state index in [0.29, 0.717) is 22.6 Å². The van der Waals surface area contributed by atoms with E-state index in [1.54, 1.807) is 5.51 Å². The molecule has 0 unspecified atom stereocenters. The molecule has 0 saturated carbocycles. The SMILES string of the molecule is Cc1ncsc1C(=O)N1[C@H]2CC[C@H]1[C@]1(CC(=O)c3ccccc3O1)C2. The summed E-state index contributed by atoms with van der Waals surface area (Å²) >= 11 is 1.39. The first-order chi connectivity index (χ1) is 12.1. The Hall–Kier alpha value is -2.21. The van der Waals surface area contributed by atoms with Crippen molar-refractivity contribution < 1.29 is 14.3 Å². The molecule has 2 aromatic rings. The van der Waals surface area contributed by atoms with Crippen LogP contribution in [0.2, 0.25) is 0 Å². The molecule has 3 atom stereocenters. The Morgan fingerprint density at radius 1 is 1.36 bits per heavy atom. The number of benzene rings is 1. The molecule has 6 heteroatoms. The van der Waals surface area contributed by atoms with Crippen LogP contribution < -0.4 is 4.74 Å². The largest absolute Gasteiger partial charge is 0.484 e. The van der Waals surface area contributed by atoms with Gasteiger partial charge in [0.1, 0.15) is 16.2 Å². The fourth-order valence-corrected chi connectivity index (χ4v) is 5.52. The highest BCUT2D eigenvalue weighted by Gasteiger charge is 2.61. The number of carbonyl (C=O) groups is 2. The average molecular weight is 354 g/mol. The van der Waals surface area contributed by atoms with E-state index in [1.807, 2.05) is 36.1 Å². The quantitative estimate of drug-likeness (QED) is 0.789. The van der Waals surface area contributed by atoms with Gasteiger partial charge in [0.25, 0.3) is 5.91 Å². The third kappa shape index (κ3) is 2.03. The molecule has 1 aromatic carbocycles. The third-order valence-electron chi connectivity index (χ3n) is 5.83. The van der Waals surface area contributed by atoms with Crippen molar-refractivity contribution in [1.82, 2.24) is 9.88 Å². The van der Waals surface area contributed by atoms with Gasteiger partial charge in [0.2, 0.25) is 0 Å². The van der Waals surface area contributed by atoms with Gasteiger partial charge >= 0.3 is 0 Å². The van der Waals surface area contributed by atoms with E-state index in [-0.39, 0.29) is 23.8 Å². The Morgan fingerprint density at radius 2 is 2.20 bits per heavy atom. The van der Waals surface area contributed by atoms with Crippen LogP contribution in [0.3, 0.4) is 0 Å². The summed E-state index contributed by atoms with van der Waals surface area (Å²) in [5.74, 6) is 0.822. The molecule has 2 fully saturated rings. The van der Waals surface area contributed by atoms with E-state index in [2.05, 4.69) is 4.98 Å². The molecule has 0 aliphatic carbocycles. The number of Topliss-reactive ketones (excluding diaryl/α,β-unsaturated/α-hetero) is 1. The van der Waals surface area contributed by atoms with Gasteiger partial charge in [-0.3, -0.25) is 9.59 Å². The second kappa shape index (κ2) is 5.14. The number of aryl methyl sites for hydroxylation is 1. The number of para-hydroxylation sites is 1. The Morgan fingerprint density at radius 3 is 3.00 bits per heavy atom. The molecular weight excluding hydrogens is 336 g/mol. The number of aromatic nitrogens is 1. The van der Waals surface area contributed by atoms with Crippen LogP contribution in [0.25, 0.3) is 0 Å². The molecular formula is C19H18N2O3S. The van der Waals surface area contributed by atoms with E-state index in [0.717, 1.165) is 25.0 Å². The van der Waals surface area contributed by atoms with Gasteiger partial charge in [-0.05, 0) is 31.9 Å². The molecule has 128 valence electrons. The Kier molecular flexibility index (Phi) is 3.10. The molecule has 1 spiro atoms. The highest BCUT2D eigenvalue weighted by atomic mass is 32.1. The van der Waals surface area contributed by atoms with E-state index < -0.39 is 5.60 Å². The number of ketones is 1. The average Bonchev–Trinajstić information content (AvgIpc) is 3.27. The van der Waals surface area contributed by atoms with Gasteiger partial charge in [0, 0.05) is 12.5 Å². The smallest absolute Gasteiger partial charge is 0.266 e. The maximum atomic E-state index is 13.1. The molecule has 1 amide bonds. The fourth-order valence-electron chi connectivity index (χ4n) is 4.77. The normalized spacial score (nSPS) is 29.8. The number of hydrogen-bond donors (Lipinski definition) is 0. The van der Waals surface area contributed by atoms with Crippen LogP contribution in [0.1, 0.15) is 51.4 Å². The molecule has 3 aliphatic rings. The van der Waals surface area contributed by atoms with Crippen molar-refractivity contribution in [3.63, 3.8) is 0 Å². The van der Waals surface area contributed by atoms with Crippen LogP contribution >= 0.6 is 11.3 Å². The predicted octanol–water partition coefficient (Wildman–Crippen LogP) is 3.23. The molecule has 0 radical (unpaired) electrons. The molecule has 1 aromatic heterocycles. The fraction of sp³-hybridized carbons (Fsp3) is 0.421. The molecule has 4 heterocycles. The first kappa shape index (κ1) is 15.1. The molecule has 5 rings (SSSR count). The number of hydrogen-bond acceptors (Lipinski definition) is 5. The van der Waals surface area contributed by atoms with Crippen LogP contribution in [-0.4, -0.2) is 39.3 Å². The van der Waals surface area contributed by atoms with Gasteiger partial charge in [-0.2, -0.15) is 0 Å². The standard InChI is InChI=1S/C19H18N2O3S/c1-11-17(25-10-20-11)18(23)21-12-6-7-16(21)19(8-12)9-14(22)13-4-2-3-5-15(13)24-19/h2-5,10,12,16H,6-9H2,1H3/t12-,16-,19+/m0/s1. The van der Waals surface area contributed by atoms with E-state index in [1.165, 1.54) is 11.3 Å². The zero-order chi connectivity index (χ0) is 17.2. The molecule has 2 saturated heterocycles. The van der Waals surface area contributed by atoms with Gasteiger partial charge in [-0.15, -0.1) is 11.3 Å². The number of rotatable bonds is 1. The zero-order valence-electron chi connectivity index (χ0n) is 13.9. The van der Waals surface area contributed by atoms with Crippen LogP contribution in [0, 0.1) is 6.92 Å². The molecule has 25 heavy (non-hydrogen) atoms. The van der Waals surface area contributed by atoms with Crippen molar-refractivity contribution in [2.75, 3.05) is 0 Å². The molecule has 5 nitrogen and oxygen atoms in total. The number of nitrogens with zero attached hydrogens (tertiary/aromatic N) is 2. The lowest BCUT2D eigenvalue weighted by Crippen LogP contribution is -2.52. The summed E-state index contributed by atoms with van der Waals surface area (Å²) in [6.07, 6.45) is 2.97. The van der Waals surface area contributed by atoms with Gasteiger partial charge in [-0.1, -0.05) is 12.1 Å². The third-order valence-corrected chi connectivity index (χ3v) is 6.74. The lowest BCUT2D eigenvalue weighted by molar-refractivity contribution is 0.0113. The van der Waals surface area contributed by atoms with Crippen LogP contribution in [0.15, 0.2) is 29.8 Å². The zero-order valence-corrected chi connectivity index (χ0v) is 14.7. The second-order valence-corrected chi connectivity index (χ2v) is 8.05. The number of amides is 1. The highest BCUT2D eigenvalue weighted by Crippen LogP contribution is 2.51. The Bertz CT molecular complexity index is 892. The highest BCUT2D eigenvalue weighted by molar-refractivity contribution is 7.11. The van der Waals surface area contributed by atoms with E-state index >= 15 is 0 Å². The van der Waals surface area contributed by atoms with Gasteiger partial charge in [0.15, 0.2) is 5.78 Å². The van der Waals surface area contributed by atoms with Crippen molar-refractivity contribution >= 4 is 23.0 Å². The summed E-state index contributed by atoms with van der Waals surface area (Å²) in [4.78, 5) is 32.7. The topological polar surface area (TPSA) is 59.5 Å². The summed E-state index contributed by atoms with van der Waals surface area (Å²) in [7, 11) is 0. The van der Waals surface area contributed by atoms with Crippen LogP contribution in [0.4, 0.5) is 0 Å². The number of carbonyl (C=O) groups excluding carboxylic acids is 2. The molecule has 3 aliphatic heterocycles. The first-order valence-corrected chi connectivity index (χ1v) is 9.51. The maximum absolute atomic E-state index is 13.1. The minimum atomic E-state index is -0.567. The van der Waals surface area contributed by atoms with E-state index in [4.69, 9.17) is 4.74 Å². The summed E-state index contributed by atoms with van der Waals surface area (Å²) < 4.78 is 6.39. The first-order valence-electron chi connectivity index (χ1n) is 8.63. The summed E-state index contributed by atoms with van der Waals surface area (Å²) in [6, 6.07) is 7.55. The lowest BCUT2D eigenvalue weighted by Gasteiger charge is -2.40. The lowest BCUT2D eigenvalue weighted by atomic mass is 9.78. The number of thiazole rings is 1. The Labute approximate surface area is 149 Å². The molecule has 2 bridgehead atoms. The van der Waals surface area contributed by atoms with Gasteiger partial charge in [-0.25, -0.2) is 4.98 Å². The van der Waals surface area contributed by atoms with E-state index in [9.17, 15) is 9.59 Å². The van der Waals surface area contributed by atoms with Gasteiger partial charge < -0.3 is 9.64 Å². The van der Waals surface area contributed by atoms with Crippen LogP contribution in [-0.2, 0) is 0 Å². The van der Waals surface area contributed by atoms with Crippen LogP contribution in [0.5, 0.6) is 5.75 Å². The minimum Gasteiger partial charge on any atom is -0.484 e. The van der Waals surface area contributed by atoms with Crippen molar-refractivity contribution in [1.29, 1.82) is 0 Å². The summed E-state index contributed by atoms with van der Waals surface area (Å²) in [5, 5.41) is 0. The van der Waals surface area contributed by atoms with Crippen molar-refractivity contribution in [3.05, 3.63) is 45.9 Å². The Balaban J connectivity index is 1.51. The van der Waals surface area contributed by atoms with Crippen molar-refractivity contribution in [3.8, 4) is 5.75 Å². The van der Waals surface area contributed by atoms with Crippen molar-refractivity contribution in [2.45, 2.75) is 50.3 Å². The maximum Gasteiger partial charge on any atom is 0.266 e. The number of ether oxygens (including phenoxy) is 1. The second-order valence-electron chi connectivity index (χ2n) is 7.19. The predicted molar refractivity (Wildman–Crippen MR) is 93.2 cm³/mol. The summed E-state index contributed by atoms with van der Waals surface area (Å²) in [5.41, 5.74) is 2.59. The minimum absolute atomic E-state index is 0.0381. The van der Waals surface area contributed by atoms with Gasteiger partial charge in [0.05, 0.1) is 29.2 Å². The number of fused-ring (bicyclic) bond motifs is 4.